The summed E-state index contributed by atoms with van der Waals surface area (Å²) >= 11 is 0. The van der Waals surface area contributed by atoms with Crippen LogP contribution in [0.4, 0.5) is 0 Å². The SMILES string of the molecule is CCCCCCCCC/C=C\CCCCC(=O)C(C)C. The first-order valence-corrected chi connectivity index (χ1v) is 8.86. The second-order valence-corrected chi connectivity index (χ2v) is 6.25. The molecule has 0 unspecified atom stereocenters. The standard InChI is InChI=1S/C19H36O/c1-4-5-6-7-8-9-10-11-12-13-14-15-16-17-19(20)18(2)3/h12-13,18H,4-11,14-17H2,1-3H3/b13-12-. The summed E-state index contributed by atoms with van der Waals surface area (Å²) in [6.07, 6.45) is 19.7. The van der Waals surface area contributed by atoms with Gasteiger partial charge in [0.15, 0.2) is 0 Å². The molecule has 1 heteroatoms. The Morgan fingerprint density at radius 1 is 0.800 bits per heavy atom. The topological polar surface area (TPSA) is 17.1 Å². The van der Waals surface area contributed by atoms with Crippen LogP contribution in [0.2, 0.25) is 0 Å². The fourth-order valence-electron chi connectivity index (χ4n) is 2.31. The lowest BCUT2D eigenvalue weighted by Gasteiger charge is -2.02. The lowest BCUT2D eigenvalue weighted by molar-refractivity contribution is -0.122. The molecule has 0 saturated carbocycles. The molecule has 0 aromatic carbocycles. The van der Waals surface area contributed by atoms with Crippen molar-refractivity contribution in [1.29, 1.82) is 0 Å². The van der Waals surface area contributed by atoms with E-state index >= 15 is 0 Å². The number of Topliss-reactive ketones (excluding diaryl/α,β-unsaturated/α-hetero) is 1. The van der Waals surface area contributed by atoms with Gasteiger partial charge in [0.05, 0.1) is 0 Å². The molecule has 20 heavy (non-hydrogen) atoms. The van der Waals surface area contributed by atoms with Crippen LogP contribution in [0.5, 0.6) is 0 Å². The van der Waals surface area contributed by atoms with Gasteiger partial charge in [-0.25, -0.2) is 0 Å². The molecule has 0 rings (SSSR count). The van der Waals surface area contributed by atoms with Gasteiger partial charge in [0.2, 0.25) is 0 Å². The van der Waals surface area contributed by atoms with E-state index in [0.717, 1.165) is 25.7 Å². The molecule has 0 spiro atoms. The van der Waals surface area contributed by atoms with E-state index in [0.29, 0.717) is 5.78 Å². The van der Waals surface area contributed by atoms with E-state index in [2.05, 4.69) is 19.1 Å². The number of unbranched alkanes of at least 4 members (excludes halogenated alkanes) is 9. The minimum absolute atomic E-state index is 0.211. The molecular weight excluding hydrogens is 244 g/mol. The van der Waals surface area contributed by atoms with Crippen LogP contribution >= 0.6 is 0 Å². The van der Waals surface area contributed by atoms with E-state index in [1.807, 2.05) is 13.8 Å². The molecule has 0 aliphatic rings. The lowest BCUT2D eigenvalue weighted by Crippen LogP contribution is -2.05. The summed E-state index contributed by atoms with van der Waals surface area (Å²) in [6, 6.07) is 0. The third-order valence-corrected chi connectivity index (χ3v) is 3.83. The molecule has 0 aromatic heterocycles. The third kappa shape index (κ3) is 13.8. The average molecular weight is 280 g/mol. The van der Waals surface area contributed by atoms with Crippen molar-refractivity contribution in [2.75, 3.05) is 0 Å². The first kappa shape index (κ1) is 19.4. The molecule has 118 valence electrons. The van der Waals surface area contributed by atoms with E-state index < -0.39 is 0 Å². The Balaban J connectivity index is 3.18. The molecule has 0 fully saturated rings. The van der Waals surface area contributed by atoms with Gasteiger partial charge < -0.3 is 0 Å². The van der Waals surface area contributed by atoms with Crippen molar-refractivity contribution >= 4 is 5.78 Å². The van der Waals surface area contributed by atoms with E-state index in [9.17, 15) is 4.79 Å². The number of ketones is 1. The van der Waals surface area contributed by atoms with Crippen LogP contribution in [0.25, 0.3) is 0 Å². The van der Waals surface area contributed by atoms with E-state index in [1.54, 1.807) is 0 Å². The Kier molecular flexibility index (Phi) is 14.4. The predicted molar refractivity (Wildman–Crippen MR) is 90.1 cm³/mol. The van der Waals surface area contributed by atoms with Crippen molar-refractivity contribution < 1.29 is 4.79 Å². The third-order valence-electron chi connectivity index (χ3n) is 3.83. The van der Waals surface area contributed by atoms with Crippen molar-refractivity contribution in [3.63, 3.8) is 0 Å². The Labute approximate surface area is 127 Å². The molecule has 0 saturated heterocycles. The molecule has 0 aromatic rings. The zero-order chi connectivity index (χ0) is 15.1. The summed E-state index contributed by atoms with van der Waals surface area (Å²) in [5, 5.41) is 0. The number of hydrogen-bond donors (Lipinski definition) is 0. The van der Waals surface area contributed by atoms with Gasteiger partial charge in [-0.05, 0) is 32.1 Å². The van der Waals surface area contributed by atoms with E-state index in [4.69, 9.17) is 0 Å². The fraction of sp³-hybridized carbons (Fsp3) is 0.842. The highest BCUT2D eigenvalue weighted by Gasteiger charge is 2.05. The number of hydrogen-bond acceptors (Lipinski definition) is 1. The van der Waals surface area contributed by atoms with Crippen molar-refractivity contribution in [3.8, 4) is 0 Å². The Morgan fingerprint density at radius 2 is 1.30 bits per heavy atom. The maximum absolute atomic E-state index is 11.4. The monoisotopic (exact) mass is 280 g/mol. The summed E-state index contributed by atoms with van der Waals surface area (Å²) in [5.74, 6) is 0.625. The van der Waals surface area contributed by atoms with Gasteiger partial charge in [0, 0.05) is 12.3 Å². The number of rotatable bonds is 14. The predicted octanol–water partition coefficient (Wildman–Crippen LogP) is 6.47. The molecule has 0 aliphatic carbocycles. The molecule has 0 bridgehead atoms. The number of carbonyl (C=O) groups excluding carboxylic acids is 1. The van der Waals surface area contributed by atoms with Gasteiger partial charge in [0.1, 0.15) is 5.78 Å². The summed E-state index contributed by atoms with van der Waals surface area (Å²) in [4.78, 5) is 11.4. The summed E-state index contributed by atoms with van der Waals surface area (Å²) in [7, 11) is 0. The minimum Gasteiger partial charge on any atom is -0.299 e. The van der Waals surface area contributed by atoms with Crippen LogP contribution < -0.4 is 0 Å². The van der Waals surface area contributed by atoms with E-state index in [-0.39, 0.29) is 5.92 Å². The Bertz CT molecular complexity index is 240. The van der Waals surface area contributed by atoms with Crippen molar-refractivity contribution in [2.24, 2.45) is 5.92 Å². The van der Waals surface area contributed by atoms with Crippen LogP contribution in [-0.2, 0) is 4.79 Å². The second kappa shape index (κ2) is 14.8. The summed E-state index contributed by atoms with van der Waals surface area (Å²) < 4.78 is 0. The highest BCUT2D eigenvalue weighted by atomic mass is 16.1. The molecular formula is C19H36O. The van der Waals surface area contributed by atoms with Gasteiger partial charge >= 0.3 is 0 Å². The first-order valence-electron chi connectivity index (χ1n) is 8.86. The zero-order valence-corrected chi connectivity index (χ0v) is 14.1. The largest absolute Gasteiger partial charge is 0.299 e. The van der Waals surface area contributed by atoms with Crippen LogP contribution in [0.1, 0.15) is 97.8 Å². The van der Waals surface area contributed by atoms with Crippen LogP contribution in [0, 0.1) is 5.92 Å². The van der Waals surface area contributed by atoms with Crippen LogP contribution in [0.3, 0.4) is 0 Å². The Hall–Kier alpha value is -0.590. The maximum Gasteiger partial charge on any atom is 0.135 e. The molecule has 0 N–H and O–H groups in total. The maximum atomic E-state index is 11.4. The van der Waals surface area contributed by atoms with E-state index in [1.165, 1.54) is 51.4 Å². The van der Waals surface area contributed by atoms with Gasteiger partial charge in [-0.2, -0.15) is 0 Å². The van der Waals surface area contributed by atoms with Crippen molar-refractivity contribution in [3.05, 3.63) is 12.2 Å². The van der Waals surface area contributed by atoms with Crippen molar-refractivity contribution in [1.82, 2.24) is 0 Å². The fourth-order valence-corrected chi connectivity index (χ4v) is 2.31. The normalized spacial score (nSPS) is 11.6. The number of carbonyl (C=O) groups is 1. The van der Waals surface area contributed by atoms with Crippen LogP contribution in [0.15, 0.2) is 12.2 Å². The van der Waals surface area contributed by atoms with Crippen molar-refractivity contribution in [2.45, 2.75) is 97.8 Å². The molecule has 0 amide bonds. The molecule has 0 heterocycles. The highest BCUT2D eigenvalue weighted by molar-refractivity contribution is 5.80. The van der Waals surface area contributed by atoms with Gasteiger partial charge in [0.25, 0.3) is 0 Å². The van der Waals surface area contributed by atoms with Gasteiger partial charge in [-0.1, -0.05) is 71.4 Å². The first-order chi connectivity index (χ1) is 9.68. The van der Waals surface area contributed by atoms with Crippen LogP contribution in [-0.4, -0.2) is 5.78 Å². The second-order valence-electron chi connectivity index (χ2n) is 6.25. The Morgan fingerprint density at radius 3 is 1.85 bits per heavy atom. The van der Waals surface area contributed by atoms with Gasteiger partial charge in [-0.15, -0.1) is 0 Å². The molecule has 1 nitrogen and oxygen atoms in total. The summed E-state index contributed by atoms with van der Waals surface area (Å²) in [5.41, 5.74) is 0. The molecule has 0 atom stereocenters. The quantitative estimate of drug-likeness (QED) is 0.263. The molecule has 0 radical (unpaired) electrons. The summed E-state index contributed by atoms with van der Waals surface area (Å²) in [6.45, 7) is 6.25. The molecule has 0 aliphatic heterocycles. The zero-order valence-electron chi connectivity index (χ0n) is 14.1. The minimum atomic E-state index is 0.211. The lowest BCUT2D eigenvalue weighted by atomic mass is 10.0. The average Bonchev–Trinajstić information content (AvgIpc) is 2.43. The highest BCUT2D eigenvalue weighted by Crippen LogP contribution is 2.10. The number of allylic oxidation sites excluding steroid dienone is 2. The van der Waals surface area contributed by atoms with Gasteiger partial charge in [-0.3, -0.25) is 4.79 Å². The smallest absolute Gasteiger partial charge is 0.135 e.